The Labute approximate surface area is 211 Å². The molecule has 0 aliphatic carbocycles. The van der Waals surface area contributed by atoms with Crippen LogP contribution in [0.1, 0.15) is 29.8 Å². The number of rotatable bonds is 8. The van der Waals surface area contributed by atoms with Crippen molar-refractivity contribution in [3.8, 4) is 11.5 Å². The van der Waals surface area contributed by atoms with Crippen LogP contribution < -0.4 is 15.0 Å². The van der Waals surface area contributed by atoms with Crippen molar-refractivity contribution in [2.75, 3.05) is 19.8 Å². The Morgan fingerprint density at radius 1 is 1.03 bits per heavy atom. The third-order valence-corrected chi connectivity index (χ3v) is 6.67. The number of aromatic nitrogens is 5. The quantitative estimate of drug-likeness (QED) is 0.389. The summed E-state index contributed by atoms with van der Waals surface area (Å²) >= 11 is 0. The summed E-state index contributed by atoms with van der Waals surface area (Å²) in [5, 5.41) is 13.1. The van der Waals surface area contributed by atoms with Gasteiger partial charge in [-0.2, -0.15) is 0 Å². The second-order valence-corrected chi connectivity index (χ2v) is 9.39. The highest BCUT2D eigenvalue weighted by Crippen LogP contribution is 2.33. The number of hydrogen-bond acceptors (Lipinski definition) is 8. The summed E-state index contributed by atoms with van der Waals surface area (Å²) in [6, 6.07) is 11.9. The average molecular weight is 507 g/mol. The largest absolute Gasteiger partial charge is 0.486 e. The molecule has 11 heteroatoms. The van der Waals surface area contributed by atoms with Crippen molar-refractivity contribution in [1.82, 2.24) is 30.1 Å². The highest BCUT2D eigenvalue weighted by molar-refractivity contribution is 5.83. The van der Waals surface area contributed by atoms with Crippen molar-refractivity contribution in [3.63, 3.8) is 0 Å². The first-order valence-corrected chi connectivity index (χ1v) is 12.4. The molecule has 0 spiro atoms. The smallest absolute Gasteiger partial charge is 0.252 e. The molecule has 37 heavy (non-hydrogen) atoms. The van der Waals surface area contributed by atoms with Gasteiger partial charge in [0.15, 0.2) is 17.3 Å². The van der Waals surface area contributed by atoms with Crippen LogP contribution >= 0.6 is 0 Å². The molecule has 1 atom stereocenters. The maximum atomic E-state index is 13.5. The summed E-state index contributed by atoms with van der Waals surface area (Å²) in [4.78, 5) is 18.1. The molecule has 2 aromatic heterocycles. The summed E-state index contributed by atoms with van der Waals surface area (Å²) in [5.41, 5.74) is 2.00. The van der Waals surface area contributed by atoms with Crippen molar-refractivity contribution in [1.29, 1.82) is 0 Å². The standard InChI is InChI=1S/C26H27FN6O4/c27-20-5-3-17(4-6-20)13-32(16-25-29-30-31-33(25)15-21-2-1-7-35-21)14-19-10-18-11-23-24(37-9-8-36-23)12-22(18)28-26(19)34/h3-6,10-12,21H,1-2,7-9,13-16H2,(H,28,34)/t21-/m1/s1. The van der Waals surface area contributed by atoms with Gasteiger partial charge in [-0.3, -0.25) is 9.69 Å². The second kappa shape index (κ2) is 10.3. The van der Waals surface area contributed by atoms with Gasteiger partial charge in [0.1, 0.15) is 19.0 Å². The van der Waals surface area contributed by atoms with E-state index in [0.717, 1.165) is 30.4 Å². The molecule has 1 N–H and O–H groups in total. The van der Waals surface area contributed by atoms with Gasteiger partial charge < -0.3 is 19.2 Å². The molecule has 10 nitrogen and oxygen atoms in total. The topological polar surface area (TPSA) is 107 Å². The van der Waals surface area contributed by atoms with E-state index < -0.39 is 0 Å². The first-order valence-electron chi connectivity index (χ1n) is 12.4. The van der Waals surface area contributed by atoms with E-state index in [1.54, 1.807) is 22.9 Å². The molecule has 192 valence electrons. The van der Waals surface area contributed by atoms with E-state index in [0.29, 0.717) is 67.8 Å². The molecule has 1 fully saturated rings. The fraction of sp³-hybridized carbons (Fsp3) is 0.385. The van der Waals surface area contributed by atoms with Crippen LogP contribution in [-0.2, 0) is 30.9 Å². The Morgan fingerprint density at radius 3 is 2.62 bits per heavy atom. The third-order valence-electron chi connectivity index (χ3n) is 6.67. The molecule has 2 aromatic carbocycles. The second-order valence-electron chi connectivity index (χ2n) is 9.39. The number of H-pyrrole nitrogens is 1. The number of nitrogens with one attached hydrogen (secondary N) is 1. The average Bonchev–Trinajstić information content (AvgIpc) is 3.57. The first kappa shape index (κ1) is 23.6. The fourth-order valence-electron chi connectivity index (χ4n) is 4.82. The van der Waals surface area contributed by atoms with Crippen molar-refractivity contribution in [2.24, 2.45) is 0 Å². The fourth-order valence-corrected chi connectivity index (χ4v) is 4.82. The van der Waals surface area contributed by atoms with Crippen LogP contribution in [-0.4, -0.2) is 56.0 Å². The minimum absolute atomic E-state index is 0.0910. The molecule has 4 heterocycles. The number of nitrogens with zero attached hydrogens (tertiary/aromatic N) is 5. The van der Waals surface area contributed by atoms with E-state index in [-0.39, 0.29) is 17.5 Å². The summed E-state index contributed by atoms with van der Waals surface area (Å²) in [6.07, 6.45) is 2.10. The maximum Gasteiger partial charge on any atom is 0.252 e. The lowest BCUT2D eigenvalue weighted by Crippen LogP contribution is -2.29. The number of aromatic amines is 1. The molecule has 0 radical (unpaired) electrons. The normalized spacial score (nSPS) is 17.1. The van der Waals surface area contributed by atoms with Crippen LogP contribution in [0.3, 0.4) is 0 Å². The molecular weight excluding hydrogens is 479 g/mol. The van der Waals surface area contributed by atoms with E-state index in [9.17, 15) is 9.18 Å². The number of benzene rings is 2. The molecule has 0 amide bonds. The Kier molecular flexibility index (Phi) is 6.54. The van der Waals surface area contributed by atoms with E-state index >= 15 is 0 Å². The summed E-state index contributed by atoms with van der Waals surface area (Å²) in [7, 11) is 0. The lowest BCUT2D eigenvalue weighted by Gasteiger charge is -2.23. The molecule has 0 bridgehead atoms. The Bertz CT molecular complexity index is 1450. The van der Waals surface area contributed by atoms with Crippen LogP contribution in [0.4, 0.5) is 4.39 Å². The predicted molar refractivity (Wildman–Crippen MR) is 132 cm³/mol. The number of pyridine rings is 1. The van der Waals surface area contributed by atoms with E-state index in [1.807, 2.05) is 12.1 Å². The van der Waals surface area contributed by atoms with Gasteiger partial charge in [-0.15, -0.1) is 5.10 Å². The zero-order valence-electron chi connectivity index (χ0n) is 20.2. The van der Waals surface area contributed by atoms with Gasteiger partial charge in [-0.05, 0) is 53.1 Å². The minimum atomic E-state index is -0.295. The number of ether oxygens (including phenoxy) is 3. The maximum absolute atomic E-state index is 13.5. The minimum Gasteiger partial charge on any atom is -0.486 e. The van der Waals surface area contributed by atoms with E-state index in [2.05, 4.69) is 25.4 Å². The summed E-state index contributed by atoms with van der Waals surface area (Å²) in [5.74, 6) is 1.66. The molecule has 2 aliphatic heterocycles. The van der Waals surface area contributed by atoms with Crippen LogP contribution in [0.5, 0.6) is 11.5 Å². The SMILES string of the molecule is O=c1[nH]c2cc3c(cc2cc1CN(Cc1ccc(F)cc1)Cc1nnnn1C[C@H]1CCCO1)OCCO3. The van der Waals surface area contributed by atoms with Gasteiger partial charge in [0.2, 0.25) is 0 Å². The molecule has 2 aliphatic rings. The molecular formula is C26H27FN6O4. The van der Waals surface area contributed by atoms with Gasteiger partial charge in [0, 0.05) is 36.7 Å². The summed E-state index contributed by atoms with van der Waals surface area (Å²) < 4.78 is 32.4. The Balaban J connectivity index is 1.29. The Hall–Kier alpha value is -3.83. The molecule has 0 saturated carbocycles. The van der Waals surface area contributed by atoms with Gasteiger partial charge in [-0.25, -0.2) is 9.07 Å². The van der Waals surface area contributed by atoms with Crippen molar-refractivity contribution in [2.45, 2.75) is 45.1 Å². The van der Waals surface area contributed by atoms with Crippen LogP contribution in [0, 0.1) is 5.82 Å². The highest BCUT2D eigenvalue weighted by Gasteiger charge is 2.21. The zero-order valence-corrected chi connectivity index (χ0v) is 20.2. The summed E-state index contributed by atoms with van der Waals surface area (Å²) in [6.45, 7) is 3.51. The van der Waals surface area contributed by atoms with Crippen LogP contribution in [0.15, 0.2) is 47.3 Å². The van der Waals surface area contributed by atoms with Crippen molar-refractivity contribution in [3.05, 3.63) is 75.6 Å². The van der Waals surface area contributed by atoms with Crippen molar-refractivity contribution < 1.29 is 18.6 Å². The molecule has 6 rings (SSSR count). The number of hydrogen-bond donors (Lipinski definition) is 1. The zero-order chi connectivity index (χ0) is 25.2. The van der Waals surface area contributed by atoms with Gasteiger partial charge >= 0.3 is 0 Å². The molecule has 1 saturated heterocycles. The number of tetrazole rings is 1. The van der Waals surface area contributed by atoms with Gasteiger partial charge in [0.25, 0.3) is 5.56 Å². The lowest BCUT2D eigenvalue weighted by atomic mass is 10.1. The number of halogens is 1. The van der Waals surface area contributed by atoms with E-state index in [1.165, 1.54) is 12.1 Å². The van der Waals surface area contributed by atoms with Gasteiger partial charge in [-0.1, -0.05) is 12.1 Å². The first-order chi connectivity index (χ1) is 18.1. The number of fused-ring (bicyclic) bond motifs is 2. The van der Waals surface area contributed by atoms with Crippen molar-refractivity contribution >= 4 is 10.9 Å². The monoisotopic (exact) mass is 506 g/mol. The third kappa shape index (κ3) is 5.32. The predicted octanol–water partition coefficient (Wildman–Crippen LogP) is 2.81. The lowest BCUT2D eigenvalue weighted by molar-refractivity contribution is 0.0914. The van der Waals surface area contributed by atoms with E-state index in [4.69, 9.17) is 14.2 Å². The molecule has 0 unspecified atom stereocenters. The molecule has 4 aromatic rings. The van der Waals surface area contributed by atoms with Crippen LogP contribution in [0.25, 0.3) is 10.9 Å². The highest BCUT2D eigenvalue weighted by atomic mass is 19.1. The van der Waals surface area contributed by atoms with Gasteiger partial charge in [0.05, 0.1) is 24.7 Å². The Morgan fingerprint density at radius 2 is 1.84 bits per heavy atom. The van der Waals surface area contributed by atoms with Crippen LogP contribution in [0.2, 0.25) is 0 Å².